The van der Waals surface area contributed by atoms with Crippen LogP contribution >= 0.6 is 11.3 Å². The molecule has 0 unspecified atom stereocenters. The molecule has 0 saturated heterocycles. The fourth-order valence-corrected chi connectivity index (χ4v) is 1.09. The van der Waals surface area contributed by atoms with Gasteiger partial charge >= 0.3 is 0 Å². The summed E-state index contributed by atoms with van der Waals surface area (Å²) in [5, 5.41) is 20.4. The van der Waals surface area contributed by atoms with Gasteiger partial charge < -0.3 is 10.2 Å². The number of hydrogen-bond acceptors (Lipinski definition) is 3. The van der Waals surface area contributed by atoms with Crippen LogP contribution in [0.5, 0.6) is 0 Å². The summed E-state index contributed by atoms with van der Waals surface area (Å²) < 4.78 is 0. The zero-order chi connectivity index (χ0) is 5.98. The van der Waals surface area contributed by atoms with Gasteiger partial charge in [0.05, 0.1) is 0 Å². The van der Waals surface area contributed by atoms with E-state index in [1.54, 1.807) is 16.8 Å². The molecule has 0 atom stereocenters. The second kappa shape index (κ2) is 2.26. The van der Waals surface area contributed by atoms with Crippen LogP contribution in [0.25, 0.3) is 0 Å². The third-order valence-corrected chi connectivity index (χ3v) is 1.54. The molecule has 0 amide bonds. The van der Waals surface area contributed by atoms with E-state index in [2.05, 4.69) is 0 Å². The number of thiophene rings is 1. The van der Waals surface area contributed by atoms with Gasteiger partial charge in [-0.15, -0.1) is 0 Å². The maximum atomic E-state index is 8.47. The van der Waals surface area contributed by atoms with Crippen molar-refractivity contribution in [2.75, 3.05) is 0 Å². The molecule has 0 aliphatic heterocycles. The molecule has 1 rings (SSSR count). The van der Waals surface area contributed by atoms with Crippen molar-refractivity contribution >= 4 is 11.3 Å². The maximum absolute atomic E-state index is 8.47. The van der Waals surface area contributed by atoms with Crippen LogP contribution in [0.15, 0.2) is 16.8 Å². The highest BCUT2D eigenvalue weighted by Gasteiger charge is 1.98. The standard InChI is InChI=1S/C5H6O2S/c6-5(7)4-1-2-8-3-4/h1-3,5-7H. The Hall–Kier alpha value is -0.380. The lowest BCUT2D eigenvalue weighted by Gasteiger charge is -1.94. The van der Waals surface area contributed by atoms with Gasteiger partial charge in [0.25, 0.3) is 0 Å². The van der Waals surface area contributed by atoms with Gasteiger partial charge in [0.15, 0.2) is 6.29 Å². The minimum absolute atomic E-state index is 0.565. The van der Waals surface area contributed by atoms with Crippen molar-refractivity contribution in [1.29, 1.82) is 0 Å². The number of rotatable bonds is 1. The molecule has 0 fully saturated rings. The summed E-state index contributed by atoms with van der Waals surface area (Å²) in [7, 11) is 0. The second-order valence-electron chi connectivity index (χ2n) is 1.43. The highest BCUT2D eigenvalue weighted by atomic mass is 32.1. The van der Waals surface area contributed by atoms with E-state index in [1.165, 1.54) is 11.3 Å². The van der Waals surface area contributed by atoms with E-state index in [0.717, 1.165) is 0 Å². The van der Waals surface area contributed by atoms with Gasteiger partial charge in [-0.05, 0) is 16.8 Å². The summed E-state index contributed by atoms with van der Waals surface area (Å²) in [5.74, 6) is 0. The zero-order valence-corrected chi connectivity index (χ0v) is 4.93. The lowest BCUT2D eigenvalue weighted by molar-refractivity contribution is -0.0421. The molecule has 1 aromatic heterocycles. The largest absolute Gasteiger partial charge is 0.364 e. The molecule has 0 spiro atoms. The van der Waals surface area contributed by atoms with Crippen LogP contribution in [-0.2, 0) is 0 Å². The van der Waals surface area contributed by atoms with Crippen LogP contribution in [0.3, 0.4) is 0 Å². The number of aliphatic hydroxyl groups excluding tert-OH is 1. The smallest absolute Gasteiger partial charge is 0.179 e. The maximum Gasteiger partial charge on any atom is 0.179 e. The summed E-state index contributed by atoms with van der Waals surface area (Å²) in [6.45, 7) is 0. The Bertz CT molecular complexity index is 145. The first-order chi connectivity index (χ1) is 3.80. The third kappa shape index (κ3) is 1.06. The summed E-state index contributed by atoms with van der Waals surface area (Å²) in [6.07, 6.45) is -1.30. The van der Waals surface area contributed by atoms with E-state index in [-0.39, 0.29) is 0 Å². The van der Waals surface area contributed by atoms with Crippen molar-refractivity contribution in [3.8, 4) is 0 Å². The average Bonchev–Trinajstić information content (AvgIpc) is 2.12. The Morgan fingerprint density at radius 3 is 2.50 bits per heavy atom. The average molecular weight is 130 g/mol. The van der Waals surface area contributed by atoms with Crippen LogP contribution in [-0.4, -0.2) is 10.2 Å². The van der Waals surface area contributed by atoms with Crippen molar-refractivity contribution in [1.82, 2.24) is 0 Å². The van der Waals surface area contributed by atoms with Crippen molar-refractivity contribution in [2.24, 2.45) is 0 Å². The lowest BCUT2D eigenvalue weighted by Crippen LogP contribution is -1.89. The van der Waals surface area contributed by atoms with Crippen LogP contribution < -0.4 is 0 Å². The second-order valence-corrected chi connectivity index (χ2v) is 2.21. The summed E-state index contributed by atoms with van der Waals surface area (Å²) in [5.41, 5.74) is 0.565. The molecule has 3 heteroatoms. The molecular weight excluding hydrogens is 124 g/mol. The van der Waals surface area contributed by atoms with Crippen molar-refractivity contribution in [2.45, 2.75) is 6.29 Å². The van der Waals surface area contributed by atoms with E-state index in [0.29, 0.717) is 5.56 Å². The molecule has 2 N–H and O–H groups in total. The fourth-order valence-electron chi connectivity index (χ4n) is 0.422. The molecule has 0 radical (unpaired) electrons. The first-order valence-electron chi connectivity index (χ1n) is 2.19. The Morgan fingerprint density at radius 1 is 1.50 bits per heavy atom. The van der Waals surface area contributed by atoms with Gasteiger partial charge in [-0.3, -0.25) is 0 Å². The third-order valence-electron chi connectivity index (χ3n) is 0.841. The Morgan fingerprint density at radius 2 is 2.25 bits per heavy atom. The lowest BCUT2D eigenvalue weighted by atomic mass is 10.3. The molecule has 8 heavy (non-hydrogen) atoms. The van der Waals surface area contributed by atoms with Gasteiger partial charge in [0, 0.05) is 5.56 Å². The van der Waals surface area contributed by atoms with E-state index < -0.39 is 6.29 Å². The van der Waals surface area contributed by atoms with Crippen LogP contribution in [0.1, 0.15) is 11.9 Å². The molecule has 0 aliphatic rings. The Balaban J connectivity index is 2.77. The molecule has 0 bridgehead atoms. The molecule has 0 aromatic carbocycles. The number of hydrogen-bond donors (Lipinski definition) is 2. The van der Waals surface area contributed by atoms with Crippen LogP contribution in [0.2, 0.25) is 0 Å². The SMILES string of the molecule is OC(O)c1ccsc1. The van der Waals surface area contributed by atoms with E-state index >= 15 is 0 Å². The van der Waals surface area contributed by atoms with Crippen LogP contribution in [0, 0.1) is 0 Å². The van der Waals surface area contributed by atoms with Crippen molar-refractivity contribution in [3.63, 3.8) is 0 Å². The summed E-state index contributed by atoms with van der Waals surface area (Å²) in [6, 6.07) is 1.68. The summed E-state index contributed by atoms with van der Waals surface area (Å²) in [4.78, 5) is 0. The quantitative estimate of drug-likeness (QED) is 0.550. The number of aliphatic hydroxyl groups is 2. The normalized spacial score (nSPS) is 10.4. The molecule has 0 aliphatic carbocycles. The van der Waals surface area contributed by atoms with Crippen molar-refractivity contribution < 1.29 is 10.2 Å². The van der Waals surface area contributed by atoms with E-state index in [9.17, 15) is 0 Å². The molecule has 1 aromatic rings. The first-order valence-corrected chi connectivity index (χ1v) is 3.13. The van der Waals surface area contributed by atoms with Gasteiger partial charge in [-0.2, -0.15) is 11.3 Å². The zero-order valence-electron chi connectivity index (χ0n) is 4.11. The van der Waals surface area contributed by atoms with Crippen molar-refractivity contribution in [3.05, 3.63) is 22.4 Å². The highest BCUT2D eigenvalue weighted by Crippen LogP contribution is 2.12. The fraction of sp³-hybridized carbons (Fsp3) is 0.200. The minimum atomic E-state index is -1.30. The molecule has 1 heterocycles. The highest BCUT2D eigenvalue weighted by molar-refractivity contribution is 7.07. The predicted molar refractivity (Wildman–Crippen MR) is 31.5 cm³/mol. The summed E-state index contributed by atoms with van der Waals surface area (Å²) >= 11 is 1.45. The predicted octanol–water partition coefficient (Wildman–Crippen LogP) is 0.731. The topological polar surface area (TPSA) is 40.5 Å². The first kappa shape index (κ1) is 5.75. The van der Waals surface area contributed by atoms with E-state index in [4.69, 9.17) is 10.2 Å². The van der Waals surface area contributed by atoms with Gasteiger partial charge in [0.1, 0.15) is 0 Å². The van der Waals surface area contributed by atoms with Gasteiger partial charge in [-0.25, -0.2) is 0 Å². The van der Waals surface area contributed by atoms with Gasteiger partial charge in [0.2, 0.25) is 0 Å². The molecule has 0 saturated carbocycles. The molecular formula is C5H6O2S. The van der Waals surface area contributed by atoms with E-state index in [1.807, 2.05) is 0 Å². The molecule has 44 valence electrons. The monoisotopic (exact) mass is 130 g/mol. The van der Waals surface area contributed by atoms with Gasteiger partial charge in [-0.1, -0.05) is 0 Å². The Kier molecular flexibility index (Phi) is 1.62. The Labute approximate surface area is 51.0 Å². The minimum Gasteiger partial charge on any atom is -0.364 e. The van der Waals surface area contributed by atoms with Crippen LogP contribution in [0.4, 0.5) is 0 Å². The molecule has 2 nitrogen and oxygen atoms in total.